The van der Waals surface area contributed by atoms with Gasteiger partial charge >= 0.3 is 0 Å². The van der Waals surface area contributed by atoms with Gasteiger partial charge in [0.1, 0.15) is 6.61 Å². The van der Waals surface area contributed by atoms with E-state index < -0.39 is 4.92 Å². The van der Waals surface area contributed by atoms with Crippen molar-refractivity contribution in [2.45, 2.75) is 16.7 Å². The number of nitro benzene ring substituents is 1. The lowest BCUT2D eigenvalue weighted by Crippen LogP contribution is -1.98. The molecule has 0 atom stereocenters. The van der Waals surface area contributed by atoms with Crippen LogP contribution in [0.4, 0.5) is 5.69 Å². The summed E-state index contributed by atoms with van der Waals surface area (Å²) in [5.74, 6) is 0.405. The van der Waals surface area contributed by atoms with Gasteiger partial charge in [0.05, 0.1) is 9.82 Å². The van der Waals surface area contributed by atoms with Crippen LogP contribution in [0.1, 0.15) is 5.82 Å². The monoisotopic (exact) mass is 344 g/mol. The predicted octanol–water partition coefficient (Wildman–Crippen LogP) is 2.13. The molecule has 1 N–H and O–H groups in total. The Morgan fingerprint density at radius 2 is 2.26 bits per heavy atom. The second-order valence-corrected chi connectivity index (χ2v) is 5.51. The minimum atomic E-state index is -0.448. The van der Waals surface area contributed by atoms with Crippen molar-refractivity contribution < 1.29 is 10.0 Å². The zero-order valence-corrected chi connectivity index (χ0v) is 12.2. The minimum Gasteiger partial charge on any atom is -0.388 e. The van der Waals surface area contributed by atoms with Crippen molar-refractivity contribution in [3.05, 3.63) is 38.6 Å². The summed E-state index contributed by atoms with van der Waals surface area (Å²) < 4.78 is 2.23. The largest absolute Gasteiger partial charge is 0.388 e. The van der Waals surface area contributed by atoms with Crippen LogP contribution in [0.5, 0.6) is 0 Å². The lowest BCUT2D eigenvalue weighted by molar-refractivity contribution is -0.387. The first-order valence-corrected chi connectivity index (χ1v) is 6.74. The highest BCUT2D eigenvalue weighted by atomic mass is 79.9. The molecule has 1 heterocycles. The number of hydrogen-bond donors (Lipinski definition) is 1. The molecule has 0 aliphatic carbocycles. The zero-order chi connectivity index (χ0) is 14.0. The summed E-state index contributed by atoms with van der Waals surface area (Å²) in [5, 5.41) is 28.2. The quantitative estimate of drug-likeness (QED) is 0.674. The molecule has 0 aliphatic rings. The van der Waals surface area contributed by atoms with Gasteiger partial charge in [0, 0.05) is 17.6 Å². The highest BCUT2D eigenvalue weighted by Crippen LogP contribution is 2.35. The second-order valence-electron chi connectivity index (χ2n) is 3.59. The molecular formula is C10H9BrN4O3S. The van der Waals surface area contributed by atoms with E-state index in [2.05, 4.69) is 26.1 Å². The molecule has 7 nitrogen and oxygen atoms in total. The number of aromatic nitrogens is 3. The Kier molecular flexibility index (Phi) is 4.17. The highest BCUT2D eigenvalue weighted by Gasteiger charge is 2.18. The van der Waals surface area contributed by atoms with Gasteiger partial charge in [-0.1, -0.05) is 15.9 Å². The summed E-state index contributed by atoms with van der Waals surface area (Å²) in [7, 11) is 1.69. The van der Waals surface area contributed by atoms with Crippen LogP contribution in [0, 0.1) is 10.1 Å². The molecule has 2 aromatic rings. The van der Waals surface area contributed by atoms with Gasteiger partial charge in [0.25, 0.3) is 5.69 Å². The van der Waals surface area contributed by atoms with Crippen LogP contribution in [0.2, 0.25) is 0 Å². The molecule has 100 valence electrons. The lowest BCUT2D eigenvalue weighted by Gasteiger charge is -2.03. The lowest BCUT2D eigenvalue weighted by atomic mass is 10.3. The predicted molar refractivity (Wildman–Crippen MR) is 71.8 cm³/mol. The third-order valence-electron chi connectivity index (χ3n) is 2.39. The van der Waals surface area contributed by atoms with Crippen LogP contribution in [0.25, 0.3) is 0 Å². The van der Waals surface area contributed by atoms with E-state index >= 15 is 0 Å². The number of aliphatic hydroxyl groups excluding tert-OH is 1. The molecule has 0 bridgehead atoms. The maximum atomic E-state index is 11.0. The van der Waals surface area contributed by atoms with Crippen molar-refractivity contribution in [3.8, 4) is 0 Å². The maximum absolute atomic E-state index is 11.0. The van der Waals surface area contributed by atoms with Crippen molar-refractivity contribution in [2.24, 2.45) is 7.05 Å². The Balaban J connectivity index is 2.37. The molecule has 1 aromatic carbocycles. The van der Waals surface area contributed by atoms with Crippen LogP contribution >= 0.6 is 27.7 Å². The number of nitrogens with zero attached hydrogens (tertiary/aromatic N) is 4. The van der Waals surface area contributed by atoms with Crippen LogP contribution in [0.3, 0.4) is 0 Å². The van der Waals surface area contributed by atoms with Gasteiger partial charge in [-0.15, -0.1) is 10.2 Å². The third-order valence-corrected chi connectivity index (χ3v) is 3.98. The van der Waals surface area contributed by atoms with E-state index in [1.807, 2.05) is 0 Å². The molecule has 0 fully saturated rings. The molecule has 2 rings (SSSR count). The van der Waals surface area contributed by atoms with E-state index in [1.165, 1.54) is 6.07 Å². The van der Waals surface area contributed by atoms with Gasteiger partial charge in [0.15, 0.2) is 11.0 Å². The molecule has 0 radical (unpaired) electrons. The normalized spacial score (nSPS) is 10.7. The smallest absolute Gasteiger partial charge is 0.284 e. The molecule has 1 aromatic heterocycles. The van der Waals surface area contributed by atoms with E-state index in [-0.39, 0.29) is 12.3 Å². The summed E-state index contributed by atoms with van der Waals surface area (Å²) in [6, 6.07) is 4.80. The first-order chi connectivity index (χ1) is 9.02. The third kappa shape index (κ3) is 2.94. The number of benzene rings is 1. The van der Waals surface area contributed by atoms with E-state index in [1.54, 1.807) is 23.7 Å². The van der Waals surface area contributed by atoms with E-state index in [9.17, 15) is 10.1 Å². The molecule has 19 heavy (non-hydrogen) atoms. The Hall–Kier alpha value is -1.45. The average Bonchev–Trinajstić information content (AvgIpc) is 2.72. The van der Waals surface area contributed by atoms with Gasteiger partial charge < -0.3 is 9.67 Å². The second kappa shape index (κ2) is 5.68. The van der Waals surface area contributed by atoms with Gasteiger partial charge in [-0.2, -0.15) is 0 Å². The molecule has 0 saturated carbocycles. The fourth-order valence-electron chi connectivity index (χ4n) is 1.39. The molecule has 0 unspecified atom stereocenters. The standard InChI is InChI=1S/C10H9BrN4O3S/c1-14-9(5-16)12-13-10(14)19-8-3-2-6(11)4-7(8)15(17)18/h2-4,16H,5H2,1H3. The van der Waals surface area contributed by atoms with Crippen LogP contribution < -0.4 is 0 Å². The Morgan fingerprint density at radius 1 is 1.53 bits per heavy atom. The summed E-state index contributed by atoms with van der Waals surface area (Å²) in [6.07, 6.45) is 0. The SMILES string of the molecule is Cn1c(CO)nnc1Sc1ccc(Br)cc1[N+](=O)[O-]. The Labute approximate surface area is 120 Å². The molecule has 0 saturated heterocycles. The van der Waals surface area contributed by atoms with Crippen molar-refractivity contribution >= 4 is 33.4 Å². The van der Waals surface area contributed by atoms with Crippen LogP contribution in [0.15, 0.2) is 32.7 Å². The fraction of sp³-hybridized carbons (Fsp3) is 0.200. The summed E-state index contributed by atoms with van der Waals surface area (Å²) in [6.45, 7) is -0.230. The van der Waals surface area contributed by atoms with E-state index in [0.29, 0.717) is 20.3 Å². The average molecular weight is 345 g/mol. The van der Waals surface area contributed by atoms with Gasteiger partial charge in [-0.25, -0.2) is 0 Å². The zero-order valence-electron chi connectivity index (χ0n) is 9.78. The number of nitro groups is 1. The Bertz CT molecular complexity index is 631. The van der Waals surface area contributed by atoms with Crippen molar-refractivity contribution in [3.63, 3.8) is 0 Å². The fourth-order valence-corrected chi connectivity index (χ4v) is 2.63. The van der Waals surface area contributed by atoms with Gasteiger partial charge in [0.2, 0.25) is 0 Å². The molecule has 9 heteroatoms. The van der Waals surface area contributed by atoms with Crippen LogP contribution in [-0.2, 0) is 13.7 Å². The van der Waals surface area contributed by atoms with Crippen molar-refractivity contribution in [2.75, 3.05) is 0 Å². The van der Waals surface area contributed by atoms with Gasteiger partial charge in [-0.3, -0.25) is 10.1 Å². The van der Waals surface area contributed by atoms with E-state index in [0.717, 1.165) is 11.8 Å². The van der Waals surface area contributed by atoms with E-state index in [4.69, 9.17) is 5.11 Å². The summed E-state index contributed by atoms with van der Waals surface area (Å²) in [5.41, 5.74) is -0.00655. The first kappa shape index (κ1) is 14.0. The minimum absolute atomic E-state index is 0.00655. The molecular weight excluding hydrogens is 336 g/mol. The highest BCUT2D eigenvalue weighted by molar-refractivity contribution is 9.10. The first-order valence-electron chi connectivity index (χ1n) is 5.14. The maximum Gasteiger partial charge on any atom is 0.284 e. The summed E-state index contributed by atoms with van der Waals surface area (Å²) >= 11 is 4.33. The molecule has 0 spiro atoms. The van der Waals surface area contributed by atoms with Crippen molar-refractivity contribution in [1.82, 2.24) is 14.8 Å². The molecule has 0 amide bonds. The number of hydrogen-bond acceptors (Lipinski definition) is 6. The molecule has 0 aliphatic heterocycles. The van der Waals surface area contributed by atoms with Crippen molar-refractivity contribution in [1.29, 1.82) is 0 Å². The number of halogens is 1. The van der Waals surface area contributed by atoms with Gasteiger partial charge in [-0.05, 0) is 23.9 Å². The summed E-state index contributed by atoms with van der Waals surface area (Å²) in [4.78, 5) is 11.0. The number of rotatable bonds is 4. The topological polar surface area (TPSA) is 94.1 Å². The van der Waals surface area contributed by atoms with Crippen LogP contribution in [-0.4, -0.2) is 24.8 Å². The number of aliphatic hydroxyl groups is 1. The Morgan fingerprint density at radius 3 is 2.84 bits per heavy atom.